The summed E-state index contributed by atoms with van der Waals surface area (Å²) in [4.78, 5) is 9.78. The van der Waals surface area contributed by atoms with Crippen molar-refractivity contribution in [2.24, 2.45) is 10.8 Å². The molecular formula is C14H11BrN4O5S2. The summed E-state index contributed by atoms with van der Waals surface area (Å²) in [5.41, 5.74) is 7.53. The lowest BCUT2D eigenvalue weighted by Crippen LogP contribution is -2.24. The van der Waals surface area contributed by atoms with Gasteiger partial charge in [-0.1, -0.05) is 22.0 Å². The molecule has 2 aromatic rings. The summed E-state index contributed by atoms with van der Waals surface area (Å²) in [5, 5.41) is 14.5. The summed E-state index contributed by atoms with van der Waals surface area (Å²) in [5.74, 6) is -0.0341. The molecular weight excluding hydrogens is 448 g/mol. The van der Waals surface area contributed by atoms with E-state index in [9.17, 15) is 18.5 Å². The number of hydrogen-bond acceptors (Lipinski definition) is 7. The van der Waals surface area contributed by atoms with Crippen molar-refractivity contribution in [2.45, 2.75) is 4.90 Å². The van der Waals surface area contributed by atoms with Crippen molar-refractivity contribution >= 4 is 55.3 Å². The fourth-order valence-corrected chi connectivity index (χ4v) is 3.21. The smallest absolute Gasteiger partial charge is 0.339 e. The van der Waals surface area contributed by atoms with Gasteiger partial charge in [-0.25, -0.2) is 0 Å². The maximum atomic E-state index is 12.4. The van der Waals surface area contributed by atoms with Crippen LogP contribution in [0.15, 0.2) is 56.9 Å². The van der Waals surface area contributed by atoms with Crippen molar-refractivity contribution in [2.75, 3.05) is 0 Å². The SMILES string of the molecule is NC(=S)N/N=C\c1cc(Br)ccc1OS(=O)(=O)c1cccc([N+](=O)[O-])c1. The minimum Gasteiger partial charge on any atom is -0.378 e. The highest BCUT2D eigenvalue weighted by molar-refractivity contribution is 9.10. The van der Waals surface area contributed by atoms with E-state index in [4.69, 9.17) is 9.92 Å². The number of rotatable bonds is 6. The van der Waals surface area contributed by atoms with Gasteiger partial charge in [0.2, 0.25) is 0 Å². The molecule has 0 aliphatic heterocycles. The second kappa shape index (κ2) is 8.21. The molecule has 0 heterocycles. The quantitative estimate of drug-likeness (QED) is 0.221. The fourth-order valence-electron chi connectivity index (χ4n) is 1.78. The van der Waals surface area contributed by atoms with Crippen molar-refractivity contribution < 1.29 is 17.5 Å². The van der Waals surface area contributed by atoms with Gasteiger partial charge < -0.3 is 9.92 Å². The molecule has 9 nitrogen and oxygen atoms in total. The topological polar surface area (TPSA) is 137 Å². The lowest BCUT2D eigenvalue weighted by molar-refractivity contribution is -0.385. The third-order valence-corrected chi connectivity index (χ3v) is 4.68. The van der Waals surface area contributed by atoms with E-state index in [1.54, 1.807) is 12.1 Å². The van der Waals surface area contributed by atoms with E-state index in [1.807, 2.05) is 0 Å². The van der Waals surface area contributed by atoms with Crippen molar-refractivity contribution in [1.82, 2.24) is 5.43 Å². The second-order valence-electron chi connectivity index (χ2n) is 4.71. The first-order valence-electron chi connectivity index (χ1n) is 6.76. The van der Waals surface area contributed by atoms with Gasteiger partial charge in [0, 0.05) is 22.2 Å². The summed E-state index contributed by atoms with van der Waals surface area (Å²) in [6, 6.07) is 9.07. The van der Waals surface area contributed by atoms with Crippen LogP contribution in [0.2, 0.25) is 0 Å². The van der Waals surface area contributed by atoms with Gasteiger partial charge in [-0.3, -0.25) is 15.5 Å². The van der Waals surface area contributed by atoms with Crippen LogP contribution in [-0.2, 0) is 10.1 Å². The maximum Gasteiger partial charge on any atom is 0.339 e. The number of halogens is 1. The maximum absolute atomic E-state index is 12.4. The molecule has 2 aromatic carbocycles. The van der Waals surface area contributed by atoms with E-state index >= 15 is 0 Å². The van der Waals surface area contributed by atoms with E-state index in [2.05, 4.69) is 38.7 Å². The van der Waals surface area contributed by atoms with E-state index < -0.39 is 15.0 Å². The molecule has 0 radical (unpaired) electrons. The van der Waals surface area contributed by atoms with Crippen LogP contribution in [0.1, 0.15) is 5.56 Å². The Balaban J connectivity index is 2.37. The Morgan fingerprint density at radius 2 is 2.08 bits per heavy atom. The van der Waals surface area contributed by atoms with Crippen LogP contribution in [0.3, 0.4) is 0 Å². The molecule has 26 heavy (non-hydrogen) atoms. The lowest BCUT2D eigenvalue weighted by atomic mass is 10.2. The molecule has 0 amide bonds. The summed E-state index contributed by atoms with van der Waals surface area (Å²) >= 11 is 7.87. The molecule has 0 spiro atoms. The fraction of sp³-hybridized carbons (Fsp3) is 0. The third-order valence-electron chi connectivity index (χ3n) is 2.87. The second-order valence-corrected chi connectivity index (χ2v) is 7.61. The Kier molecular flexibility index (Phi) is 6.23. The average molecular weight is 459 g/mol. The summed E-state index contributed by atoms with van der Waals surface area (Å²) in [6.07, 6.45) is 1.27. The molecule has 136 valence electrons. The molecule has 0 aromatic heterocycles. The molecule has 0 atom stereocenters. The van der Waals surface area contributed by atoms with Crippen LogP contribution >= 0.6 is 28.1 Å². The predicted octanol–water partition coefficient (Wildman–Crippen LogP) is 2.29. The zero-order valence-electron chi connectivity index (χ0n) is 12.8. The van der Waals surface area contributed by atoms with Crippen LogP contribution in [0, 0.1) is 10.1 Å². The van der Waals surface area contributed by atoms with E-state index in [1.165, 1.54) is 30.5 Å². The monoisotopic (exact) mass is 458 g/mol. The first kappa shape index (κ1) is 19.8. The molecule has 2 rings (SSSR count). The molecule has 0 aliphatic rings. The van der Waals surface area contributed by atoms with Gasteiger partial charge in [-0.2, -0.15) is 13.5 Å². The van der Waals surface area contributed by atoms with Gasteiger partial charge >= 0.3 is 10.1 Å². The number of nitro groups is 1. The van der Waals surface area contributed by atoms with Crippen LogP contribution in [0.4, 0.5) is 5.69 Å². The summed E-state index contributed by atoms with van der Waals surface area (Å²) in [7, 11) is -4.30. The summed E-state index contributed by atoms with van der Waals surface area (Å²) < 4.78 is 30.6. The Morgan fingerprint density at radius 3 is 2.73 bits per heavy atom. The molecule has 0 saturated carbocycles. The molecule has 12 heteroatoms. The number of nitrogens with zero attached hydrogens (tertiary/aromatic N) is 2. The number of hydrogen-bond donors (Lipinski definition) is 2. The van der Waals surface area contributed by atoms with Crippen molar-refractivity contribution in [3.8, 4) is 5.75 Å². The van der Waals surface area contributed by atoms with E-state index in [-0.39, 0.29) is 21.4 Å². The largest absolute Gasteiger partial charge is 0.378 e. The highest BCUT2D eigenvalue weighted by atomic mass is 79.9. The lowest BCUT2D eigenvalue weighted by Gasteiger charge is -2.10. The highest BCUT2D eigenvalue weighted by Crippen LogP contribution is 2.26. The number of nitro benzene ring substituents is 1. The average Bonchev–Trinajstić information content (AvgIpc) is 2.57. The van der Waals surface area contributed by atoms with Gasteiger partial charge in [0.1, 0.15) is 4.90 Å². The van der Waals surface area contributed by atoms with E-state index in [0.29, 0.717) is 10.0 Å². The van der Waals surface area contributed by atoms with Crippen LogP contribution in [-0.4, -0.2) is 24.7 Å². The van der Waals surface area contributed by atoms with Crippen molar-refractivity contribution in [3.05, 3.63) is 62.6 Å². The molecule has 0 fully saturated rings. The molecule has 0 unspecified atom stereocenters. The molecule has 0 bridgehead atoms. The number of benzene rings is 2. The molecule has 3 N–H and O–H groups in total. The van der Waals surface area contributed by atoms with Gasteiger partial charge in [-0.05, 0) is 36.5 Å². The van der Waals surface area contributed by atoms with Crippen molar-refractivity contribution in [3.63, 3.8) is 0 Å². The van der Waals surface area contributed by atoms with Gasteiger partial charge in [0.05, 0.1) is 11.1 Å². The van der Waals surface area contributed by atoms with E-state index in [0.717, 1.165) is 6.07 Å². The van der Waals surface area contributed by atoms with Crippen molar-refractivity contribution in [1.29, 1.82) is 0 Å². The van der Waals surface area contributed by atoms with Gasteiger partial charge in [-0.15, -0.1) is 0 Å². The number of non-ortho nitro benzene ring substituents is 1. The zero-order chi connectivity index (χ0) is 19.3. The van der Waals surface area contributed by atoms with Gasteiger partial charge in [0.25, 0.3) is 5.69 Å². The normalized spacial score (nSPS) is 11.3. The number of nitrogens with two attached hydrogens (primary N) is 1. The Labute approximate surface area is 162 Å². The number of hydrazone groups is 1. The minimum absolute atomic E-state index is 0.0341. The van der Waals surface area contributed by atoms with Crippen LogP contribution in [0.25, 0.3) is 0 Å². The zero-order valence-corrected chi connectivity index (χ0v) is 16.0. The first-order valence-corrected chi connectivity index (χ1v) is 9.37. The highest BCUT2D eigenvalue weighted by Gasteiger charge is 2.21. The Bertz CT molecular complexity index is 995. The molecule has 0 aliphatic carbocycles. The first-order chi connectivity index (χ1) is 12.2. The standard InChI is InChI=1S/C14H11BrN4O5S2/c15-10-4-5-13(9(6-10)8-17-18-14(16)25)24-26(22,23)12-3-1-2-11(7-12)19(20)21/h1-8H,(H3,16,18,25)/b17-8-. The summed E-state index contributed by atoms with van der Waals surface area (Å²) in [6.45, 7) is 0. The number of thiocarbonyl (C=S) groups is 1. The number of nitrogens with one attached hydrogen (secondary N) is 1. The Hall–Kier alpha value is -2.57. The molecule has 0 saturated heterocycles. The minimum atomic E-state index is -4.30. The van der Waals surface area contributed by atoms with Crippen LogP contribution < -0.4 is 15.3 Å². The van der Waals surface area contributed by atoms with Gasteiger partial charge in [0.15, 0.2) is 10.9 Å². The predicted molar refractivity (Wildman–Crippen MR) is 103 cm³/mol. The third kappa shape index (κ3) is 5.21. The van der Waals surface area contributed by atoms with Crippen LogP contribution in [0.5, 0.6) is 5.75 Å². The Morgan fingerprint density at radius 1 is 1.35 bits per heavy atom.